The first kappa shape index (κ1) is 13.4. The SMILES string of the molecule is CCCCSCC(=O)c1cc(C)n(C)c1C. The lowest BCUT2D eigenvalue weighted by Crippen LogP contribution is -2.05. The van der Waals surface area contributed by atoms with Gasteiger partial charge in [0.15, 0.2) is 5.78 Å². The fourth-order valence-corrected chi connectivity index (χ4v) is 2.60. The number of unbranched alkanes of at least 4 members (excludes halogenated alkanes) is 1. The van der Waals surface area contributed by atoms with Gasteiger partial charge in [0.2, 0.25) is 0 Å². The molecule has 0 radical (unpaired) electrons. The first-order chi connectivity index (χ1) is 7.57. The number of rotatable bonds is 6. The lowest BCUT2D eigenvalue weighted by molar-refractivity contribution is 0.102. The van der Waals surface area contributed by atoms with Crippen molar-refractivity contribution >= 4 is 17.5 Å². The fourth-order valence-electron chi connectivity index (χ4n) is 1.63. The zero-order valence-electron chi connectivity index (χ0n) is 10.7. The largest absolute Gasteiger partial charge is 0.351 e. The summed E-state index contributed by atoms with van der Waals surface area (Å²) in [6.07, 6.45) is 2.40. The summed E-state index contributed by atoms with van der Waals surface area (Å²) in [7, 11) is 2.01. The van der Waals surface area contributed by atoms with Crippen molar-refractivity contribution in [1.82, 2.24) is 4.57 Å². The molecule has 1 rings (SSSR count). The lowest BCUT2D eigenvalue weighted by Gasteiger charge is -2.02. The zero-order valence-corrected chi connectivity index (χ0v) is 11.5. The molecule has 0 bridgehead atoms. The summed E-state index contributed by atoms with van der Waals surface area (Å²) in [5, 5.41) is 0. The number of nitrogens with zero attached hydrogens (tertiary/aromatic N) is 1. The lowest BCUT2D eigenvalue weighted by atomic mass is 10.2. The van der Waals surface area contributed by atoms with Crippen molar-refractivity contribution in [3.63, 3.8) is 0 Å². The van der Waals surface area contributed by atoms with Crippen LogP contribution in [0.5, 0.6) is 0 Å². The fraction of sp³-hybridized carbons (Fsp3) is 0.615. The molecule has 0 N–H and O–H groups in total. The second-order valence-electron chi connectivity index (χ2n) is 4.17. The van der Waals surface area contributed by atoms with Crippen molar-refractivity contribution in [2.75, 3.05) is 11.5 Å². The summed E-state index contributed by atoms with van der Waals surface area (Å²) >= 11 is 1.75. The Bertz CT molecular complexity index is 368. The van der Waals surface area contributed by atoms with Gasteiger partial charge in [0.05, 0.1) is 5.75 Å². The Labute approximate surface area is 102 Å². The molecule has 16 heavy (non-hydrogen) atoms. The number of hydrogen-bond donors (Lipinski definition) is 0. The van der Waals surface area contributed by atoms with E-state index in [1.54, 1.807) is 11.8 Å². The summed E-state index contributed by atoms with van der Waals surface area (Å²) in [4.78, 5) is 12.0. The number of carbonyl (C=O) groups is 1. The van der Waals surface area contributed by atoms with Crippen molar-refractivity contribution < 1.29 is 4.79 Å². The number of carbonyl (C=O) groups excluding carboxylic acids is 1. The molecule has 0 spiro atoms. The van der Waals surface area contributed by atoms with Crippen molar-refractivity contribution in [2.24, 2.45) is 7.05 Å². The van der Waals surface area contributed by atoms with Gasteiger partial charge in [0, 0.05) is 24.0 Å². The summed E-state index contributed by atoms with van der Waals surface area (Å²) in [6.45, 7) is 6.22. The Morgan fingerprint density at radius 3 is 2.62 bits per heavy atom. The van der Waals surface area contributed by atoms with E-state index in [2.05, 4.69) is 11.5 Å². The van der Waals surface area contributed by atoms with Gasteiger partial charge in [-0.1, -0.05) is 13.3 Å². The average molecular weight is 239 g/mol. The number of aromatic nitrogens is 1. The van der Waals surface area contributed by atoms with E-state index in [0.717, 1.165) is 22.7 Å². The van der Waals surface area contributed by atoms with Gasteiger partial charge < -0.3 is 4.57 Å². The highest BCUT2D eigenvalue weighted by molar-refractivity contribution is 7.99. The molecular formula is C13H21NOS. The minimum atomic E-state index is 0.266. The van der Waals surface area contributed by atoms with E-state index in [4.69, 9.17) is 0 Å². The third-order valence-electron chi connectivity index (χ3n) is 2.95. The molecule has 1 aromatic heterocycles. The van der Waals surface area contributed by atoms with E-state index in [1.165, 1.54) is 12.8 Å². The van der Waals surface area contributed by atoms with E-state index in [-0.39, 0.29) is 5.78 Å². The molecule has 90 valence electrons. The minimum Gasteiger partial charge on any atom is -0.351 e. The topological polar surface area (TPSA) is 22.0 Å². The Morgan fingerprint density at radius 1 is 1.44 bits per heavy atom. The van der Waals surface area contributed by atoms with Gasteiger partial charge in [-0.2, -0.15) is 11.8 Å². The van der Waals surface area contributed by atoms with Gasteiger partial charge in [-0.25, -0.2) is 0 Å². The number of hydrogen-bond acceptors (Lipinski definition) is 2. The van der Waals surface area contributed by atoms with Gasteiger partial charge in [-0.05, 0) is 32.1 Å². The second-order valence-corrected chi connectivity index (χ2v) is 5.28. The summed E-state index contributed by atoms with van der Waals surface area (Å²) < 4.78 is 2.07. The number of ketones is 1. The molecular weight excluding hydrogens is 218 g/mol. The normalized spacial score (nSPS) is 10.8. The molecule has 0 aliphatic carbocycles. The van der Waals surface area contributed by atoms with E-state index < -0.39 is 0 Å². The smallest absolute Gasteiger partial charge is 0.174 e. The molecule has 0 fully saturated rings. The molecule has 0 aromatic carbocycles. The molecule has 3 heteroatoms. The van der Waals surface area contributed by atoms with Crippen molar-refractivity contribution in [3.05, 3.63) is 23.0 Å². The first-order valence-corrected chi connectivity index (χ1v) is 6.97. The van der Waals surface area contributed by atoms with E-state index in [9.17, 15) is 4.79 Å². The Kier molecular flexibility index (Phi) is 5.13. The highest BCUT2D eigenvalue weighted by atomic mass is 32.2. The van der Waals surface area contributed by atoms with Gasteiger partial charge >= 0.3 is 0 Å². The van der Waals surface area contributed by atoms with Gasteiger partial charge in [0.25, 0.3) is 0 Å². The van der Waals surface area contributed by atoms with Crippen LogP contribution in [0.3, 0.4) is 0 Å². The molecule has 0 atom stereocenters. The third-order valence-corrected chi connectivity index (χ3v) is 3.99. The quantitative estimate of drug-likeness (QED) is 0.561. The highest BCUT2D eigenvalue weighted by Crippen LogP contribution is 2.16. The summed E-state index contributed by atoms with van der Waals surface area (Å²) in [5.41, 5.74) is 3.13. The molecule has 0 saturated carbocycles. The Balaban J connectivity index is 2.56. The molecule has 0 unspecified atom stereocenters. The molecule has 2 nitrogen and oxygen atoms in total. The second kappa shape index (κ2) is 6.14. The summed E-state index contributed by atoms with van der Waals surface area (Å²) in [6, 6.07) is 2.00. The van der Waals surface area contributed by atoms with Crippen molar-refractivity contribution in [2.45, 2.75) is 33.6 Å². The van der Waals surface area contributed by atoms with Crippen molar-refractivity contribution in [3.8, 4) is 0 Å². The van der Waals surface area contributed by atoms with Crippen LogP contribution in [0, 0.1) is 13.8 Å². The maximum absolute atomic E-state index is 12.0. The third kappa shape index (κ3) is 3.14. The molecule has 1 aromatic rings. The van der Waals surface area contributed by atoms with Gasteiger partial charge in [0.1, 0.15) is 0 Å². The molecule has 0 aliphatic rings. The van der Waals surface area contributed by atoms with Gasteiger partial charge in [-0.15, -0.1) is 0 Å². The van der Waals surface area contributed by atoms with Crippen LogP contribution in [0.2, 0.25) is 0 Å². The van der Waals surface area contributed by atoms with Crippen LogP contribution in [0.25, 0.3) is 0 Å². The summed E-state index contributed by atoms with van der Waals surface area (Å²) in [5.74, 6) is 1.97. The first-order valence-electron chi connectivity index (χ1n) is 5.81. The van der Waals surface area contributed by atoms with Crippen LogP contribution in [0.15, 0.2) is 6.07 Å². The number of aryl methyl sites for hydroxylation is 1. The standard InChI is InChI=1S/C13H21NOS/c1-5-6-7-16-9-13(15)12-8-10(2)14(4)11(12)3/h8H,5-7,9H2,1-4H3. The molecule has 1 heterocycles. The maximum Gasteiger partial charge on any atom is 0.174 e. The Hall–Kier alpha value is -0.700. The average Bonchev–Trinajstić information content (AvgIpc) is 2.52. The van der Waals surface area contributed by atoms with Crippen molar-refractivity contribution in [1.29, 1.82) is 0 Å². The van der Waals surface area contributed by atoms with E-state index in [1.807, 2.05) is 27.0 Å². The highest BCUT2D eigenvalue weighted by Gasteiger charge is 2.13. The minimum absolute atomic E-state index is 0.266. The molecule has 0 amide bonds. The number of Topliss-reactive ketones (excluding diaryl/α,β-unsaturated/α-hetero) is 1. The molecule has 0 aliphatic heterocycles. The maximum atomic E-state index is 12.0. The van der Waals surface area contributed by atoms with Crippen LogP contribution in [-0.4, -0.2) is 21.9 Å². The van der Waals surface area contributed by atoms with Crippen LogP contribution < -0.4 is 0 Å². The molecule has 0 saturated heterocycles. The van der Waals surface area contributed by atoms with Crippen LogP contribution in [0.1, 0.15) is 41.5 Å². The monoisotopic (exact) mass is 239 g/mol. The predicted octanol–water partition coefficient (Wildman–Crippen LogP) is 3.36. The predicted molar refractivity (Wildman–Crippen MR) is 71.5 cm³/mol. The van der Waals surface area contributed by atoms with Crippen LogP contribution in [0.4, 0.5) is 0 Å². The van der Waals surface area contributed by atoms with E-state index in [0.29, 0.717) is 5.75 Å². The van der Waals surface area contributed by atoms with E-state index >= 15 is 0 Å². The van der Waals surface area contributed by atoms with Crippen LogP contribution in [-0.2, 0) is 7.05 Å². The zero-order chi connectivity index (χ0) is 12.1. The number of thioether (sulfide) groups is 1. The van der Waals surface area contributed by atoms with Gasteiger partial charge in [-0.3, -0.25) is 4.79 Å². The van der Waals surface area contributed by atoms with Crippen LogP contribution >= 0.6 is 11.8 Å². The Morgan fingerprint density at radius 2 is 2.12 bits per heavy atom.